The van der Waals surface area contributed by atoms with Gasteiger partial charge in [-0.25, -0.2) is 0 Å². The third kappa shape index (κ3) is 2.75. The van der Waals surface area contributed by atoms with Crippen LogP contribution < -0.4 is 5.32 Å². The van der Waals surface area contributed by atoms with Gasteiger partial charge in [0.05, 0.1) is 12.2 Å². The molecule has 1 amide bonds. The predicted octanol–water partition coefficient (Wildman–Crippen LogP) is 2.65. The standard InChI is InChI=1S/C14H21NO2S/c1-10-7-12(11(2)18-10)13(17)15-8-14(9-16)5-3-4-6-14/h7,16H,3-6,8-9H2,1-2H3,(H,15,17). The first-order chi connectivity index (χ1) is 8.56. The molecular formula is C14H21NO2S. The zero-order valence-electron chi connectivity index (χ0n) is 11.1. The van der Waals surface area contributed by atoms with Crippen LogP contribution in [0.5, 0.6) is 0 Å². The molecule has 1 aromatic heterocycles. The normalized spacial score (nSPS) is 17.9. The second-order valence-electron chi connectivity index (χ2n) is 5.37. The van der Waals surface area contributed by atoms with Crippen molar-refractivity contribution in [2.45, 2.75) is 39.5 Å². The molecule has 2 rings (SSSR count). The van der Waals surface area contributed by atoms with Crippen LogP contribution in [0.4, 0.5) is 0 Å². The van der Waals surface area contributed by atoms with Crippen molar-refractivity contribution in [1.82, 2.24) is 5.32 Å². The number of aliphatic hydroxyl groups is 1. The Hall–Kier alpha value is -0.870. The van der Waals surface area contributed by atoms with Gasteiger partial charge < -0.3 is 10.4 Å². The lowest BCUT2D eigenvalue weighted by atomic mass is 9.87. The monoisotopic (exact) mass is 267 g/mol. The fourth-order valence-electron chi connectivity index (χ4n) is 2.74. The van der Waals surface area contributed by atoms with Crippen LogP contribution in [0.3, 0.4) is 0 Å². The van der Waals surface area contributed by atoms with Gasteiger partial charge in [-0.15, -0.1) is 11.3 Å². The van der Waals surface area contributed by atoms with Gasteiger partial charge in [-0.3, -0.25) is 4.79 Å². The Labute approximate surface area is 112 Å². The summed E-state index contributed by atoms with van der Waals surface area (Å²) in [6, 6.07) is 1.94. The molecule has 0 atom stereocenters. The van der Waals surface area contributed by atoms with E-state index in [1.807, 2.05) is 19.9 Å². The molecule has 4 heteroatoms. The minimum absolute atomic E-state index is 0.00317. The number of nitrogens with one attached hydrogen (secondary N) is 1. The van der Waals surface area contributed by atoms with E-state index in [2.05, 4.69) is 5.32 Å². The Morgan fingerprint density at radius 3 is 2.61 bits per heavy atom. The molecule has 0 unspecified atom stereocenters. The molecule has 100 valence electrons. The summed E-state index contributed by atoms with van der Waals surface area (Å²) in [5.41, 5.74) is 0.706. The molecule has 1 aliphatic rings. The lowest BCUT2D eigenvalue weighted by Crippen LogP contribution is -2.38. The fourth-order valence-corrected chi connectivity index (χ4v) is 3.66. The molecule has 0 bridgehead atoms. The Balaban J connectivity index is 1.98. The highest BCUT2D eigenvalue weighted by Crippen LogP contribution is 2.37. The van der Waals surface area contributed by atoms with Crippen molar-refractivity contribution in [3.8, 4) is 0 Å². The Morgan fingerprint density at radius 1 is 1.44 bits per heavy atom. The Bertz CT molecular complexity index is 433. The number of rotatable bonds is 4. The number of hydrogen-bond donors (Lipinski definition) is 2. The fraction of sp³-hybridized carbons (Fsp3) is 0.643. The van der Waals surface area contributed by atoms with E-state index in [1.165, 1.54) is 0 Å². The highest BCUT2D eigenvalue weighted by Gasteiger charge is 2.33. The molecule has 2 N–H and O–H groups in total. The zero-order chi connectivity index (χ0) is 13.2. The summed E-state index contributed by atoms with van der Waals surface area (Å²) >= 11 is 1.65. The SMILES string of the molecule is Cc1cc(C(=O)NCC2(CO)CCCC2)c(C)s1. The van der Waals surface area contributed by atoms with E-state index in [4.69, 9.17) is 0 Å². The van der Waals surface area contributed by atoms with Gasteiger partial charge in [0, 0.05) is 21.7 Å². The molecule has 0 aromatic carbocycles. The quantitative estimate of drug-likeness (QED) is 0.881. The predicted molar refractivity (Wildman–Crippen MR) is 74.1 cm³/mol. The maximum atomic E-state index is 12.1. The smallest absolute Gasteiger partial charge is 0.252 e. The summed E-state index contributed by atoms with van der Waals surface area (Å²) in [4.78, 5) is 14.3. The molecule has 0 saturated heterocycles. The second-order valence-corrected chi connectivity index (χ2v) is 6.84. The van der Waals surface area contributed by atoms with Crippen LogP contribution in [-0.2, 0) is 0 Å². The van der Waals surface area contributed by atoms with Crippen LogP contribution in [0.1, 0.15) is 45.8 Å². The van der Waals surface area contributed by atoms with E-state index in [-0.39, 0.29) is 17.9 Å². The average molecular weight is 267 g/mol. The maximum Gasteiger partial charge on any atom is 0.252 e. The maximum absolute atomic E-state index is 12.1. The van der Waals surface area contributed by atoms with E-state index in [0.29, 0.717) is 6.54 Å². The van der Waals surface area contributed by atoms with Crippen LogP contribution in [0.15, 0.2) is 6.07 Å². The van der Waals surface area contributed by atoms with E-state index >= 15 is 0 Å². The lowest BCUT2D eigenvalue weighted by Gasteiger charge is -2.26. The van der Waals surface area contributed by atoms with Gasteiger partial charge >= 0.3 is 0 Å². The van der Waals surface area contributed by atoms with Crippen LogP contribution in [0.25, 0.3) is 0 Å². The van der Waals surface area contributed by atoms with Gasteiger partial charge in [-0.05, 0) is 32.8 Å². The first kappa shape index (κ1) is 13.6. The number of carbonyl (C=O) groups excluding carboxylic acids is 1. The van der Waals surface area contributed by atoms with Gasteiger partial charge in [0.1, 0.15) is 0 Å². The molecule has 0 aliphatic heterocycles. The first-order valence-electron chi connectivity index (χ1n) is 6.52. The topological polar surface area (TPSA) is 49.3 Å². The molecule has 1 heterocycles. The largest absolute Gasteiger partial charge is 0.396 e. The van der Waals surface area contributed by atoms with Crippen LogP contribution in [-0.4, -0.2) is 24.2 Å². The van der Waals surface area contributed by atoms with Crippen molar-refractivity contribution in [3.05, 3.63) is 21.4 Å². The van der Waals surface area contributed by atoms with E-state index < -0.39 is 0 Å². The van der Waals surface area contributed by atoms with E-state index in [9.17, 15) is 9.90 Å². The van der Waals surface area contributed by atoms with Gasteiger partial charge in [0.25, 0.3) is 5.91 Å². The summed E-state index contributed by atoms with van der Waals surface area (Å²) in [5.74, 6) is -0.00317. The number of carbonyl (C=O) groups is 1. The molecule has 1 fully saturated rings. The number of thiophene rings is 1. The minimum atomic E-state index is -0.0748. The minimum Gasteiger partial charge on any atom is -0.396 e. The van der Waals surface area contributed by atoms with Crippen molar-refractivity contribution < 1.29 is 9.90 Å². The van der Waals surface area contributed by atoms with E-state index in [0.717, 1.165) is 41.0 Å². The summed E-state index contributed by atoms with van der Waals surface area (Å²) < 4.78 is 0. The average Bonchev–Trinajstić information content (AvgIpc) is 2.94. The molecule has 1 saturated carbocycles. The van der Waals surface area contributed by atoms with Gasteiger partial charge in [-0.1, -0.05) is 12.8 Å². The molecule has 3 nitrogen and oxygen atoms in total. The molecule has 0 spiro atoms. The van der Waals surface area contributed by atoms with Crippen LogP contribution >= 0.6 is 11.3 Å². The third-order valence-electron chi connectivity index (χ3n) is 3.91. The second kappa shape index (κ2) is 5.41. The van der Waals surface area contributed by atoms with Crippen LogP contribution in [0, 0.1) is 19.3 Å². The molecule has 1 aliphatic carbocycles. The number of aliphatic hydroxyl groups excluding tert-OH is 1. The van der Waals surface area contributed by atoms with Crippen LogP contribution in [0.2, 0.25) is 0 Å². The Morgan fingerprint density at radius 2 is 2.11 bits per heavy atom. The number of hydrogen-bond acceptors (Lipinski definition) is 3. The lowest BCUT2D eigenvalue weighted by molar-refractivity contribution is 0.0880. The van der Waals surface area contributed by atoms with E-state index in [1.54, 1.807) is 11.3 Å². The van der Waals surface area contributed by atoms with Gasteiger partial charge in [0.15, 0.2) is 0 Å². The summed E-state index contributed by atoms with van der Waals surface area (Å²) in [5, 5.41) is 12.5. The summed E-state index contributed by atoms with van der Waals surface area (Å²) in [7, 11) is 0. The molecule has 18 heavy (non-hydrogen) atoms. The first-order valence-corrected chi connectivity index (χ1v) is 7.34. The van der Waals surface area contributed by atoms with Crippen molar-refractivity contribution in [2.24, 2.45) is 5.41 Å². The summed E-state index contributed by atoms with van der Waals surface area (Å²) in [6.45, 7) is 4.76. The van der Waals surface area contributed by atoms with Crippen molar-refractivity contribution in [1.29, 1.82) is 0 Å². The highest BCUT2D eigenvalue weighted by atomic mass is 32.1. The Kier molecular flexibility index (Phi) is 4.07. The highest BCUT2D eigenvalue weighted by molar-refractivity contribution is 7.12. The van der Waals surface area contributed by atoms with Gasteiger partial charge in [0.2, 0.25) is 0 Å². The number of amides is 1. The molecular weight excluding hydrogens is 246 g/mol. The summed E-state index contributed by atoms with van der Waals surface area (Å²) in [6.07, 6.45) is 4.36. The van der Waals surface area contributed by atoms with Crippen molar-refractivity contribution in [3.63, 3.8) is 0 Å². The molecule has 1 aromatic rings. The third-order valence-corrected chi connectivity index (χ3v) is 4.88. The van der Waals surface area contributed by atoms with Crippen molar-refractivity contribution in [2.75, 3.05) is 13.2 Å². The van der Waals surface area contributed by atoms with Gasteiger partial charge in [-0.2, -0.15) is 0 Å². The zero-order valence-corrected chi connectivity index (χ0v) is 11.9. The molecule has 0 radical (unpaired) electrons. The number of aryl methyl sites for hydroxylation is 2. The van der Waals surface area contributed by atoms with Crippen molar-refractivity contribution >= 4 is 17.2 Å².